The molecule has 0 aromatic rings. The number of hydrogen-bond acceptors (Lipinski definition) is 5. The summed E-state index contributed by atoms with van der Waals surface area (Å²) in [5.41, 5.74) is 0. The molecular formula is C62H117NO5. The molecule has 6 nitrogen and oxygen atoms in total. The number of nitrogens with one attached hydrogen (secondary N) is 1. The predicted octanol–water partition coefficient (Wildman–Crippen LogP) is 17.8. The van der Waals surface area contributed by atoms with Crippen molar-refractivity contribution in [3.05, 3.63) is 48.6 Å². The van der Waals surface area contributed by atoms with E-state index in [4.69, 9.17) is 0 Å². The van der Waals surface area contributed by atoms with Crippen molar-refractivity contribution in [1.82, 2.24) is 5.32 Å². The number of aliphatic hydroxyl groups excluding tert-OH is 4. The molecule has 5 N–H and O–H groups in total. The Morgan fingerprint density at radius 1 is 0.353 bits per heavy atom. The largest absolute Gasteiger partial charge is 0.394 e. The lowest BCUT2D eigenvalue weighted by Gasteiger charge is -2.27. The molecule has 0 spiro atoms. The molecule has 0 aliphatic carbocycles. The van der Waals surface area contributed by atoms with E-state index >= 15 is 0 Å². The SMILES string of the molecule is CCCCCCCCCCCCCC/C=C\CCCCCCCCC(O)C(=O)NC(CO)C(O)C(O)CCC/C=C/CC/C=C/CC/C=C/CCCCCCCCCCCCCCCCCCC. The Balaban J connectivity index is 3.70. The van der Waals surface area contributed by atoms with Gasteiger partial charge in [-0.05, 0) is 89.9 Å². The topological polar surface area (TPSA) is 110 Å². The third kappa shape index (κ3) is 49.3. The fourth-order valence-electron chi connectivity index (χ4n) is 9.26. The normalized spacial score (nSPS) is 14.0. The molecule has 400 valence electrons. The van der Waals surface area contributed by atoms with Gasteiger partial charge in [-0.1, -0.05) is 268 Å². The van der Waals surface area contributed by atoms with Crippen molar-refractivity contribution in [3.8, 4) is 0 Å². The molecule has 0 fully saturated rings. The van der Waals surface area contributed by atoms with Crippen molar-refractivity contribution in [2.24, 2.45) is 0 Å². The maximum atomic E-state index is 12.6. The summed E-state index contributed by atoms with van der Waals surface area (Å²) >= 11 is 0. The fourth-order valence-corrected chi connectivity index (χ4v) is 9.26. The van der Waals surface area contributed by atoms with Crippen LogP contribution in [0.4, 0.5) is 0 Å². The van der Waals surface area contributed by atoms with Crippen LogP contribution in [-0.2, 0) is 4.79 Å². The minimum atomic E-state index is -1.30. The zero-order chi connectivity index (χ0) is 49.5. The van der Waals surface area contributed by atoms with Gasteiger partial charge in [-0.15, -0.1) is 0 Å². The summed E-state index contributed by atoms with van der Waals surface area (Å²) in [4.78, 5) is 12.6. The smallest absolute Gasteiger partial charge is 0.249 e. The predicted molar refractivity (Wildman–Crippen MR) is 297 cm³/mol. The number of carbonyl (C=O) groups excluding carboxylic acids is 1. The van der Waals surface area contributed by atoms with Crippen LogP contribution in [0.25, 0.3) is 0 Å². The minimum Gasteiger partial charge on any atom is -0.394 e. The van der Waals surface area contributed by atoms with Crippen molar-refractivity contribution in [2.45, 2.75) is 334 Å². The second-order valence-electron chi connectivity index (χ2n) is 20.7. The highest BCUT2D eigenvalue weighted by molar-refractivity contribution is 5.80. The molecule has 0 aliphatic heterocycles. The maximum Gasteiger partial charge on any atom is 0.249 e. The van der Waals surface area contributed by atoms with E-state index in [1.54, 1.807) is 0 Å². The summed E-state index contributed by atoms with van der Waals surface area (Å²) in [7, 11) is 0. The van der Waals surface area contributed by atoms with Crippen LogP contribution >= 0.6 is 0 Å². The molecule has 0 rings (SSSR count). The molecule has 1 amide bonds. The van der Waals surface area contributed by atoms with Gasteiger partial charge in [0, 0.05) is 0 Å². The molecule has 0 saturated carbocycles. The van der Waals surface area contributed by atoms with E-state index < -0.39 is 36.9 Å². The van der Waals surface area contributed by atoms with Gasteiger partial charge in [0.15, 0.2) is 0 Å². The second kappa shape index (κ2) is 56.2. The third-order valence-electron chi connectivity index (χ3n) is 14.0. The molecule has 0 heterocycles. The van der Waals surface area contributed by atoms with Crippen LogP contribution in [-0.4, -0.2) is 57.3 Å². The standard InChI is InChI=1S/C62H117NO5/c1-3-5-7-9-11-13-15-17-19-21-23-25-27-28-29-30-31-32-33-34-36-37-39-41-43-45-47-49-51-53-55-59(65)61(67)58(57-64)63-62(68)60(66)56-54-52-50-48-46-44-42-40-38-35-26-24-22-20-18-16-14-12-10-8-6-4-2/h33-34,38-41,47,49,58-61,64-67H,3-32,35-37,42-46,48,50-57H2,1-2H3,(H,63,68)/b34-33+,40-38-,41-39+,49-47+. The van der Waals surface area contributed by atoms with E-state index in [0.29, 0.717) is 19.3 Å². The van der Waals surface area contributed by atoms with Gasteiger partial charge in [-0.2, -0.15) is 0 Å². The van der Waals surface area contributed by atoms with E-state index in [-0.39, 0.29) is 0 Å². The number of unbranched alkanes of at least 4 members (excludes halogenated alkanes) is 38. The van der Waals surface area contributed by atoms with Crippen molar-refractivity contribution >= 4 is 5.91 Å². The molecule has 0 bridgehead atoms. The summed E-state index contributed by atoms with van der Waals surface area (Å²) in [6.45, 7) is 4.07. The summed E-state index contributed by atoms with van der Waals surface area (Å²) in [5.74, 6) is -0.602. The molecule has 6 heteroatoms. The van der Waals surface area contributed by atoms with Crippen LogP contribution in [0.1, 0.15) is 309 Å². The summed E-state index contributed by atoms with van der Waals surface area (Å²) < 4.78 is 0. The van der Waals surface area contributed by atoms with Gasteiger partial charge < -0.3 is 25.7 Å². The number of amides is 1. The Morgan fingerprint density at radius 2 is 0.618 bits per heavy atom. The quantitative estimate of drug-likeness (QED) is 0.0308. The van der Waals surface area contributed by atoms with E-state index in [9.17, 15) is 25.2 Å². The number of carbonyl (C=O) groups is 1. The van der Waals surface area contributed by atoms with Gasteiger partial charge in [0.25, 0.3) is 0 Å². The fraction of sp³-hybridized carbons (Fsp3) is 0.855. The molecule has 0 aromatic carbocycles. The molecule has 0 radical (unpaired) electrons. The van der Waals surface area contributed by atoms with E-state index in [1.807, 2.05) is 0 Å². The van der Waals surface area contributed by atoms with Crippen molar-refractivity contribution < 1.29 is 25.2 Å². The van der Waals surface area contributed by atoms with Crippen molar-refractivity contribution in [3.63, 3.8) is 0 Å². The van der Waals surface area contributed by atoms with Gasteiger partial charge in [-0.3, -0.25) is 4.79 Å². The number of aliphatic hydroxyl groups is 4. The Labute approximate surface area is 423 Å². The molecule has 0 saturated heterocycles. The van der Waals surface area contributed by atoms with Crippen LogP contribution in [0.5, 0.6) is 0 Å². The maximum absolute atomic E-state index is 12.6. The Kier molecular flexibility index (Phi) is 54.8. The van der Waals surface area contributed by atoms with Crippen LogP contribution in [0, 0.1) is 0 Å². The first-order chi connectivity index (χ1) is 33.5. The minimum absolute atomic E-state index is 0.351. The lowest BCUT2D eigenvalue weighted by molar-refractivity contribution is -0.132. The highest BCUT2D eigenvalue weighted by Gasteiger charge is 2.28. The zero-order valence-corrected chi connectivity index (χ0v) is 45.4. The monoisotopic (exact) mass is 956 g/mol. The lowest BCUT2D eigenvalue weighted by atomic mass is 10.00. The van der Waals surface area contributed by atoms with Crippen LogP contribution in [0.3, 0.4) is 0 Å². The number of allylic oxidation sites excluding steroid dienone is 8. The lowest BCUT2D eigenvalue weighted by Crippen LogP contribution is -2.53. The first-order valence-electron chi connectivity index (χ1n) is 30.0. The summed E-state index contributed by atoms with van der Waals surface area (Å²) in [6.07, 6.45) is 72.0. The zero-order valence-electron chi connectivity index (χ0n) is 45.4. The van der Waals surface area contributed by atoms with E-state index in [2.05, 4.69) is 67.8 Å². The average Bonchev–Trinajstić information content (AvgIpc) is 3.34. The van der Waals surface area contributed by atoms with E-state index in [0.717, 1.165) is 64.2 Å². The third-order valence-corrected chi connectivity index (χ3v) is 14.0. The van der Waals surface area contributed by atoms with Crippen LogP contribution < -0.4 is 5.32 Å². The molecule has 4 atom stereocenters. The first-order valence-corrected chi connectivity index (χ1v) is 30.0. The van der Waals surface area contributed by atoms with Crippen LogP contribution in [0.15, 0.2) is 48.6 Å². The molecule has 0 aliphatic rings. The summed E-state index contributed by atoms with van der Waals surface area (Å²) in [6, 6.07) is -1.02. The Hall–Kier alpha value is -1.73. The average molecular weight is 957 g/mol. The molecular weight excluding hydrogens is 839 g/mol. The number of rotatable bonds is 55. The van der Waals surface area contributed by atoms with Gasteiger partial charge in [-0.25, -0.2) is 0 Å². The van der Waals surface area contributed by atoms with Gasteiger partial charge in [0.2, 0.25) is 5.91 Å². The Bertz CT molecular complexity index is 1120. The molecule has 68 heavy (non-hydrogen) atoms. The van der Waals surface area contributed by atoms with Gasteiger partial charge in [0.05, 0.1) is 18.8 Å². The molecule has 4 unspecified atom stereocenters. The van der Waals surface area contributed by atoms with Crippen LogP contribution in [0.2, 0.25) is 0 Å². The Morgan fingerprint density at radius 3 is 0.926 bits per heavy atom. The highest BCUT2D eigenvalue weighted by atomic mass is 16.3. The van der Waals surface area contributed by atoms with Crippen molar-refractivity contribution in [1.29, 1.82) is 0 Å². The summed E-state index contributed by atoms with van der Waals surface area (Å²) in [5, 5.41) is 44.0. The van der Waals surface area contributed by atoms with Gasteiger partial charge >= 0.3 is 0 Å². The van der Waals surface area contributed by atoms with Crippen molar-refractivity contribution in [2.75, 3.05) is 6.61 Å². The first kappa shape index (κ1) is 66.3. The highest BCUT2D eigenvalue weighted by Crippen LogP contribution is 2.17. The molecule has 0 aromatic heterocycles. The van der Waals surface area contributed by atoms with E-state index in [1.165, 1.54) is 212 Å². The number of hydrogen-bond donors (Lipinski definition) is 5. The van der Waals surface area contributed by atoms with Gasteiger partial charge in [0.1, 0.15) is 12.2 Å². The second-order valence-corrected chi connectivity index (χ2v) is 20.7.